The molecular weight excluding hydrogens is 213 g/mol. The third-order valence-electron chi connectivity index (χ3n) is 2.71. The van der Waals surface area contributed by atoms with Crippen molar-refractivity contribution in [2.45, 2.75) is 30.8 Å². The molecule has 2 N–H and O–H groups in total. The van der Waals surface area contributed by atoms with Crippen LogP contribution in [0.1, 0.15) is 6.42 Å². The smallest absolute Gasteiger partial charge is 0.374 e. The fraction of sp³-hybridized carbons (Fsp3) is 0.875. The molecule has 3 unspecified atom stereocenters. The number of fused-ring (bicyclic) bond motifs is 1. The maximum absolute atomic E-state index is 12.0. The molecule has 7 heteroatoms. The highest BCUT2D eigenvalue weighted by atomic mass is 19.4. The van der Waals surface area contributed by atoms with E-state index in [0.717, 1.165) is 6.42 Å². The van der Waals surface area contributed by atoms with Gasteiger partial charge in [-0.25, -0.2) is 0 Å². The largest absolute Gasteiger partial charge is 0.471 e. The number of rotatable bonds is 1. The molecule has 4 nitrogen and oxygen atoms in total. The molecule has 2 rings (SSSR count). The summed E-state index contributed by atoms with van der Waals surface area (Å²) in [4.78, 5) is 10.7. The molecule has 2 saturated heterocycles. The fourth-order valence-corrected chi connectivity index (χ4v) is 2.00. The highest BCUT2D eigenvalue weighted by Gasteiger charge is 2.45. The summed E-state index contributed by atoms with van der Waals surface area (Å²) in [6.45, 7) is 0.859. The number of carbonyl (C=O) groups is 1. The lowest BCUT2D eigenvalue weighted by Gasteiger charge is -2.19. The molecule has 0 aromatic heterocycles. The molecule has 86 valence electrons. The van der Waals surface area contributed by atoms with Gasteiger partial charge in [0.05, 0.1) is 12.1 Å². The van der Waals surface area contributed by atoms with Gasteiger partial charge in [-0.05, 0) is 6.42 Å². The van der Waals surface area contributed by atoms with Gasteiger partial charge in [0, 0.05) is 19.2 Å². The van der Waals surface area contributed by atoms with Crippen LogP contribution in [0.25, 0.3) is 0 Å². The Labute approximate surface area is 84.2 Å². The molecule has 1 amide bonds. The molecule has 0 aliphatic carbocycles. The van der Waals surface area contributed by atoms with Crippen LogP contribution in [-0.4, -0.2) is 43.4 Å². The molecule has 0 spiro atoms. The molecule has 3 atom stereocenters. The minimum absolute atomic E-state index is 0.0727. The lowest BCUT2D eigenvalue weighted by atomic mass is 10.1. The van der Waals surface area contributed by atoms with Gasteiger partial charge in [-0.2, -0.15) is 13.2 Å². The van der Waals surface area contributed by atoms with E-state index in [1.54, 1.807) is 0 Å². The molecule has 15 heavy (non-hydrogen) atoms. The summed E-state index contributed by atoms with van der Waals surface area (Å²) in [7, 11) is 0. The summed E-state index contributed by atoms with van der Waals surface area (Å²) >= 11 is 0. The van der Waals surface area contributed by atoms with Crippen LogP contribution >= 0.6 is 0 Å². The molecule has 0 aromatic carbocycles. The Kier molecular flexibility index (Phi) is 2.59. The zero-order valence-electron chi connectivity index (χ0n) is 7.80. The van der Waals surface area contributed by atoms with Gasteiger partial charge >= 0.3 is 12.1 Å². The molecule has 2 aliphatic rings. The zero-order chi connectivity index (χ0) is 11.1. The Morgan fingerprint density at radius 1 is 1.47 bits per heavy atom. The summed E-state index contributed by atoms with van der Waals surface area (Å²) in [5, 5.41) is 4.96. The second-order valence-electron chi connectivity index (χ2n) is 3.72. The molecule has 0 saturated carbocycles. The quantitative estimate of drug-likeness (QED) is 0.648. The average molecular weight is 224 g/mol. The van der Waals surface area contributed by atoms with Crippen LogP contribution in [0.4, 0.5) is 13.2 Å². The minimum Gasteiger partial charge on any atom is -0.374 e. The van der Waals surface area contributed by atoms with Crippen LogP contribution in [-0.2, 0) is 9.53 Å². The van der Waals surface area contributed by atoms with Crippen molar-refractivity contribution in [1.29, 1.82) is 0 Å². The molecule has 0 aromatic rings. The van der Waals surface area contributed by atoms with Crippen LogP contribution < -0.4 is 10.6 Å². The van der Waals surface area contributed by atoms with Crippen molar-refractivity contribution in [2.75, 3.05) is 13.2 Å². The van der Waals surface area contributed by atoms with Crippen molar-refractivity contribution < 1.29 is 22.7 Å². The lowest BCUT2D eigenvalue weighted by molar-refractivity contribution is -0.174. The number of hydrogen-bond donors (Lipinski definition) is 2. The predicted octanol–water partition coefficient (Wildman–Crippen LogP) is -0.206. The molecular formula is C8H11F3N2O2. The van der Waals surface area contributed by atoms with Crippen molar-refractivity contribution in [1.82, 2.24) is 10.6 Å². The number of alkyl halides is 3. The van der Waals surface area contributed by atoms with Crippen LogP contribution in [0.3, 0.4) is 0 Å². The Morgan fingerprint density at radius 3 is 2.87 bits per heavy atom. The van der Waals surface area contributed by atoms with E-state index >= 15 is 0 Å². The number of carbonyl (C=O) groups excluding carboxylic acids is 1. The number of ether oxygens (including phenoxy) is 1. The lowest BCUT2D eigenvalue weighted by Crippen LogP contribution is -2.48. The van der Waals surface area contributed by atoms with E-state index in [2.05, 4.69) is 5.32 Å². The van der Waals surface area contributed by atoms with Gasteiger partial charge in [0.25, 0.3) is 0 Å². The van der Waals surface area contributed by atoms with Gasteiger partial charge in [-0.3, -0.25) is 4.79 Å². The Balaban J connectivity index is 1.93. The van der Waals surface area contributed by atoms with Crippen molar-refractivity contribution in [2.24, 2.45) is 0 Å². The third kappa shape index (κ3) is 2.07. The maximum Gasteiger partial charge on any atom is 0.471 e. The summed E-state index contributed by atoms with van der Waals surface area (Å²) in [6.07, 6.45) is -4.36. The number of hydrogen-bond acceptors (Lipinski definition) is 3. The van der Waals surface area contributed by atoms with Crippen molar-refractivity contribution in [3.63, 3.8) is 0 Å². The molecule has 2 heterocycles. The monoisotopic (exact) mass is 224 g/mol. The number of nitrogens with one attached hydrogen (secondary N) is 2. The Hall–Kier alpha value is -0.820. The van der Waals surface area contributed by atoms with E-state index in [9.17, 15) is 18.0 Å². The minimum atomic E-state index is -4.82. The number of halogens is 3. The topological polar surface area (TPSA) is 50.4 Å². The SMILES string of the molecule is O=C(NC1CNC2CCOC21)C(F)(F)F. The zero-order valence-corrected chi connectivity index (χ0v) is 7.80. The van der Waals surface area contributed by atoms with E-state index in [4.69, 9.17) is 4.74 Å². The van der Waals surface area contributed by atoms with E-state index < -0.39 is 18.1 Å². The summed E-state index contributed by atoms with van der Waals surface area (Å²) in [5.74, 6) is -1.90. The van der Waals surface area contributed by atoms with E-state index in [1.165, 1.54) is 0 Å². The van der Waals surface area contributed by atoms with Crippen molar-refractivity contribution in [3.8, 4) is 0 Å². The van der Waals surface area contributed by atoms with Crippen LogP contribution in [0.2, 0.25) is 0 Å². The predicted molar refractivity (Wildman–Crippen MR) is 44.1 cm³/mol. The van der Waals surface area contributed by atoms with E-state index in [1.807, 2.05) is 5.32 Å². The van der Waals surface area contributed by atoms with Gasteiger partial charge in [0.15, 0.2) is 0 Å². The second-order valence-corrected chi connectivity index (χ2v) is 3.72. The second kappa shape index (κ2) is 3.64. The van der Waals surface area contributed by atoms with Gasteiger partial charge < -0.3 is 15.4 Å². The van der Waals surface area contributed by atoms with Crippen LogP contribution in [0.15, 0.2) is 0 Å². The van der Waals surface area contributed by atoms with Gasteiger partial charge in [0.1, 0.15) is 0 Å². The first-order chi connectivity index (χ1) is 6.98. The highest BCUT2D eigenvalue weighted by molar-refractivity contribution is 5.82. The molecule has 0 bridgehead atoms. The first-order valence-electron chi connectivity index (χ1n) is 4.71. The molecule has 2 fully saturated rings. The van der Waals surface area contributed by atoms with Crippen molar-refractivity contribution >= 4 is 5.91 Å². The third-order valence-corrected chi connectivity index (χ3v) is 2.71. The Bertz CT molecular complexity index is 269. The van der Waals surface area contributed by atoms with Crippen LogP contribution in [0.5, 0.6) is 0 Å². The van der Waals surface area contributed by atoms with E-state index in [0.29, 0.717) is 13.2 Å². The normalized spacial score (nSPS) is 35.3. The summed E-state index contributed by atoms with van der Waals surface area (Å²) in [6, 6.07) is -0.504. The molecule has 2 aliphatic heterocycles. The fourth-order valence-electron chi connectivity index (χ4n) is 2.00. The number of amides is 1. The Morgan fingerprint density at radius 2 is 2.20 bits per heavy atom. The molecule has 0 radical (unpaired) electrons. The standard InChI is InChI=1S/C8H11F3N2O2/c9-8(10,11)7(14)13-5-3-12-4-1-2-15-6(4)5/h4-6,12H,1-3H2,(H,13,14). The first-order valence-corrected chi connectivity index (χ1v) is 4.71. The maximum atomic E-state index is 12.0. The van der Waals surface area contributed by atoms with Gasteiger partial charge in [-0.1, -0.05) is 0 Å². The van der Waals surface area contributed by atoms with Crippen molar-refractivity contribution in [3.05, 3.63) is 0 Å². The first kappa shape index (κ1) is 10.7. The summed E-state index contributed by atoms with van der Waals surface area (Å²) < 4.78 is 41.2. The average Bonchev–Trinajstić information content (AvgIpc) is 2.67. The highest BCUT2D eigenvalue weighted by Crippen LogP contribution is 2.23. The summed E-state index contributed by atoms with van der Waals surface area (Å²) in [5.41, 5.74) is 0. The van der Waals surface area contributed by atoms with Crippen LogP contribution in [0, 0.1) is 0 Å². The van der Waals surface area contributed by atoms with Gasteiger partial charge in [0.2, 0.25) is 0 Å². The van der Waals surface area contributed by atoms with E-state index in [-0.39, 0.29) is 12.1 Å². The van der Waals surface area contributed by atoms with Gasteiger partial charge in [-0.15, -0.1) is 0 Å².